The third kappa shape index (κ3) is 4.10. The Morgan fingerprint density at radius 3 is 2.73 bits per heavy atom. The van der Waals surface area contributed by atoms with E-state index in [2.05, 4.69) is 16.1 Å². The molecule has 1 amide bonds. The number of aryl methyl sites for hydroxylation is 1. The number of likely N-dealkylation sites (tertiary alicyclic amines) is 2. The van der Waals surface area contributed by atoms with Crippen LogP contribution in [0.5, 0.6) is 0 Å². The van der Waals surface area contributed by atoms with Gasteiger partial charge in [-0.1, -0.05) is 0 Å². The van der Waals surface area contributed by atoms with Gasteiger partial charge in [-0.05, 0) is 69.7 Å². The van der Waals surface area contributed by atoms with Gasteiger partial charge in [-0.2, -0.15) is 11.8 Å². The molecule has 3 heterocycles. The first-order valence-corrected chi connectivity index (χ1v) is 11.0. The molecule has 7 heteroatoms. The van der Waals surface area contributed by atoms with E-state index >= 15 is 0 Å². The smallest absolute Gasteiger partial charge is 0.276 e. The second kappa shape index (κ2) is 8.76. The number of hydrogen-bond acceptors (Lipinski definition) is 6. The second-order valence-electron chi connectivity index (χ2n) is 7.69. The lowest BCUT2D eigenvalue weighted by atomic mass is 9.64. The van der Waals surface area contributed by atoms with Crippen LogP contribution in [0.1, 0.15) is 41.9 Å². The summed E-state index contributed by atoms with van der Waals surface area (Å²) >= 11 is 1.91. The molecule has 2 saturated heterocycles. The molecule has 1 aromatic rings. The lowest BCUT2D eigenvalue weighted by molar-refractivity contribution is -0.0352. The number of amides is 1. The van der Waals surface area contributed by atoms with E-state index < -0.39 is 0 Å². The van der Waals surface area contributed by atoms with E-state index in [1.54, 1.807) is 6.92 Å². The van der Waals surface area contributed by atoms with Crippen molar-refractivity contribution in [2.24, 2.45) is 11.3 Å². The van der Waals surface area contributed by atoms with E-state index in [1.165, 1.54) is 25.1 Å². The molecule has 1 atom stereocenters. The maximum atomic E-state index is 12.7. The molecule has 0 unspecified atom stereocenters. The van der Waals surface area contributed by atoms with E-state index in [9.17, 15) is 9.90 Å². The first-order valence-electron chi connectivity index (χ1n) is 9.61. The number of aliphatic hydroxyl groups is 1. The average Bonchev–Trinajstić information content (AvgIpc) is 3.09. The molecule has 6 nitrogen and oxygen atoms in total. The first-order chi connectivity index (χ1) is 12.6. The molecule has 0 aromatic carbocycles. The molecule has 0 bridgehead atoms. The van der Waals surface area contributed by atoms with Crippen LogP contribution in [0.4, 0.5) is 0 Å². The van der Waals surface area contributed by atoms with Gasteiger partial charge in [0.2, 0.25) is 0 Å². The van der Waals surface area contributed by atoms with Crippen LogP contribution in [0.2, 0.25) is 0 Å². The van der Waals surface area contributed by atoms with Crippen molar-refractivity contribution in [1.82, 2.24) is 14.8 Å². The summed E-state index contributed by atoms with van der Waals surface area (Å²) in [7, 11) is 0. The van der Waals surface area contributed by atoms with Crippen LogP contribution in [0.3, 0.4) is 0 Å². The molecule has 1 spiro atoms. The summed E-state index contributed by atoms with van der Waals surface area (Å²) in [6.07, 6.45) is 7.96. The molecular weight excluding hydrogens is 350 g/mol. The standard InChI is InChI=1S/C19H31N3O3S/c1-15-17(20-14-25-15)18(24)22-10-6-19(16(12-22)13-23)4-8-21(9-5-19)7-3-11-26-2/h14,16,23H,3-13H2,1-2H3/t16-/m1/s1. The summed E-state index contributed by atoms with van der Waals surface area (Å²) in [6, 6.07) is 0. The van der Waals surface area contributed by atoms with E-state index in [0.29, 0.717) is 18.0 Å². The quantitative estimate of drug-likeness (QED) is 0.763. The van der Waals surface area contributed by atoms with Crippen LogP contribution in [0, 0.1) is 18.3 Å². The van der Waals surface area contributed by atoms with Crippen molar-refractivity contribution in [3.05, 3.63) is 17.8 Å². The Hall–Kier alpha value is -1.05. The van der Waals surface area contributed by atoms with Crippen LogP contribution in [0.15, 0.2) is 10.8 Å². The van der Waals surface area contributed by atoms with Crippen molar-refractivity contribution >= 4 is 17.7 Å². The Labute approximate surface area is 160 Å². The minimum Gasteiger partial charge on any atom is -0.448 e. The number of aromatic nitrogens is 1. The maximum Gasteiger partial charge on any atom is 0.276 e. The second-order valence-corrected chi connectivity index (χ2v) is 8.67. The third-order valence-corrected chi connectivity index (χ3v) is 7.01. The van der Waals surface area contributed by atoms with E-state index in [-0.39, 0.29) is 23.8 Å². The Kier molecular flexibility index (Phi) is 6.64. The van der Waals surface area contributed by atoms with Crippen molar-refractivity contribution < 1.29 is 14.3 Å². The van der Waals surface area contributed by atoms with Gasteiger partial charge in [-0.3, -0.25) is 4.79 Å². The minimum atomic E-state index is -0.0703. The van der Waals surface area contributed by atoms with Gasteiger partial charge in [-0.15, -0.1) is 0 Å². The zero-order valence-electron chi connectivity index (χ0n) is 15.9. The van der Waals surface area contributed by atoms with Gasteiger partial charge < -0.3 is 19.3 Å². The Balaban J connectivity index is 1.59. The van der Waals surface area contributed by atoms with Gasteiger partial charge in [0.15, 0.2) is 12.1 Å². The van der Waals surface area contributed by atoms with Gasteiger partial charge >= 0.3 is 0 Å². The van der Waals surface area contributed by atoms with E-state index in [4.69, 9.17) is 4.42 Å². The molecule has 2 aliphatic heterocycles. The van der Waals surface area contributed by atoms with Crippen LogP contribution in [-0.4, -0.2) is 77.1 Å². The molecule has 146 valence electrons. The predicted molar refractivity (Wildman–Crippen MR) is 103 cm³/mol. The highest BCUT2D eigenvalue weighted by Gasteiger charge is 2.45. The fraction of sp³-hybridized carbons (Fsp3) is 0.789. The van der Waals surface area contributed by atoms with Gasteiger partial charge in [0.25, 0.3) is 5.91 Å². The summed E-state index contributed by atoms with van der Waals surface area (Å²) in [6.45, 7) is 6.68. The molecule has 0 radical (unpaired) electrons. The number of carbonyl (C=O) groups is 1. The number of thioether (sulfide) groups is 1. The zero-order valence-corrected chi connectivity index (χ0v) is 16.8. The number of nitrogens with zero attached hydrogens (tertiary/aromatic N) is 3. The minimum absolute atomic E-state index is 0.0703. The lowest BCUT2D eigenvalue weighted by Gasteiger charge is -2.51. The van der Waals surface area contributed by atoms with E-state index in [0.717, 1.165) is 38.9 Å². The highest BCUT2D eigenvalue weighted by Crippen LogP contribution is 2.45. The van der Waals surface area contributed by atoms with E-state index in [1.807, 2.05) is 16.7 Å². The van der Waals surface area contributed by atoms with Crippen LogP contribution < -0.4 is 0 Å². The number of piperidine rings is 2. The number of hydrogen-bond donors (Lipinski definition) is 1. The normalized spacial score (nSPS) is 23.5. The van der Waals surface area contributed by atoms with Crippen molar-refractivity contribution in [1.29, 1.82) is 0 Å². The number of aliphatic hydroxyl groups excluding tert-OH is 1. The molecular formula is C19H31N3O3S. The molecule has 3 rings (SSSR count). The Bertz CT molecular complexity index is 599. The number of rotatable bonds is 6. The third-order valence-electron chi connectivity index (χ3n) is 6.32. The van der Waals surface area contributed by atoms with Crippen molar-refractivity contribution in [2.45, 2.75) is 32.6 Å². The monoisotopic (exact) mass is 381 g/mol. The van der Waals surface area contributed by atoms with Gasteiger partial charge in [-0.25, -0.2) is 4.98 Å². The Morgan fingerprint density at radius 2 is 2.12 bits per heavy atom. The summed E-state index contributed by atoms with van der Waals surface area (Å²) in [4.78, 5) is 21.2. The van der Waals surface area contributed by atoms with Crippen LogP contribution in [0.25, 0.3) is 0 Å². The maximum absolute atomic E-state index is 12.7. The summed E-state index contributed by atoms with van der Waals surface area (Å²) < 4.78 is 5.18. The fourth-order valence-corrected chi connectivity index (χ4v) is 4.94. The molecule has 0 saturated carbocycles. The molecule has 0 aliphatic carbocycles. The van der Waals surface area contributed by atoms with Crippen LogP contribution >= 0.6 is 11.8 Å². The largest absolute Gasteiger partial charge is 0.448 e. The van der Waals surface area contributed by atoms with Crippen molar-refractivity contribution in [3.63, 3.8) is 0 Å². The number of carbonyl (C=O) groups excluding carboxylic acids is 1. The topological polar surface area (TPSA) is 69.8 Å². The first kappa shape index (κ1) is 19.7. The highest BCUT2D eigenvalue weighted by atomic mass is 32.2. The van der Waals surface area contributed by atoms with Gasteiger partial charge in [0, 0.05) is 25.6 Å². The van der Waals surface area contributed by atoms with Crippen molar-refractivity contribution in [2.75, 3.05) is 51.3 Å². The zero-order chi connectivity index (χ0) is 18.6. The molecule has 2 aliphatic rings. The summed E-state index contributed by atoms with van der Waals surface area (Å²) in [5.41, 5.74) is 0.585. The fourth-order valence-electron chi connectivity index (χ4n) is 4.52. The lowest BCUT2D eigenvalue weighted by Crippen LogP contribution is -2.54. The average molecular weight is 382 g/mol. The van der Waals surface area contributed by atoms with Crippen LogP contribution in [-0.2, 0) is 0 Å². The SMILES string of the molecule is CSCCCN1CCC2(CC1)CCN(C(=O)c1ncoc1C)C[C@@H]2CO. The summed E-state index contributed by atoms with van der Waals surface area (Å²) in [5, 5.41) is 10.0. The molecule has 1 N–H and O–H groups in total. The molecule has 26 heavy (non-hydrogen) atoms. The molecule has 2 fully saturated rings. The van der Waals surface area contributed by atoms with Gasteiger partial charge in [0.05, 0.1) is 0 Å². The molecule has 1 aromatic heterocycles. The number of oxazole rings is 1. The van der Waals surface area contributed by atoms with Gasteiger partial charge in [0.1, 0.15) is 5.76 Å². The predicted octanol–water partition coefficient (Wildman–Crippen LogP) is 2.27. The Morgan fingerprint density at radius 1 is 1.38 bits per heavy atom. The van der Waals surface area contributed by atoms with Crippen molar-refractivity contribution in [3.8, 4) is 0 Å². The summed E-state index contributed by atoms with van der Waals surface area (Å²) in [5.74, 6) is 1.87. The highest BCUT2D eigenvalue weighted by molar-refractivity contribution is 7.98.